The van der Waals surface area contributed by atoms with Crippen LogP contribution in [0.5, 0.6) is 0 Å². The van der Waals surface area contributed by atoms with Crippen molar-refractivity contribution in [2.45, 2.75) is 6.92 Å². The maximum atomic E-state index is 9.03. The molecule has 0 aliphatic heterocycles. The summed E-state index contributed by atoms with van der Waals surface area (Å²) in [6, 6.07) is 7.35. The Bertz CT molecular complexity index is 440. The first-order chi connectivity index (χ1) is 6.66. The molecule has 0 radical (unpaired) electrons. The lowest BCUT2D eigenvalue weighted by atomic mass is 9.79. The molecule has 1 aromatic rings. The highest BCUT2D eigenvalue weighted by Gasteiger charge is 2.09. The van der Waals surface area contributed by atoms with Crippen LogP contribution < -0.4 is 10.4 Å². The van der Waals surface area contributed by atoms with Crippen LogP contribution >= 0.6 is 0 Å². The zero-order valence-electron chi connectivity index (χ0n) is 8.01. The van der Waals surface area contributed by atoms with Crippen molar-refractivity contribution in [1.82, 2.24) is 0 Å². The smallest absolute Gasteiger partial charge is 0.423 e. The van der Waals surface area contributed by atoms with E-state index in [1.807, 2.05) is 24.3 Å². The van der Waals surface area contributed by atoms with E-state index in [1.165, 1.54) is 0 Å². The van der Waals surface area contributed by atoms with Gasteiger partial charge in [-0.15, -0.1) is 0 Å². The largest absolute Gasteiger partial charge is 0.484 e. The standard InChI is InChI=1S/C10H12BNO2/c1-8(11(13)14)10-6-4-3-5-9(10)7-12-2/h3-7,13-14H,2H2,1H3/b9-7-,10-8+. The molecule has 0 aliphatic carbocycles. The van der Waals surface area contributed by atoms with Gasteiger partial charge in [0.15, 0.2) is 0 Å². The van der Waals surface area contributed by atoms with Crippen LogP contribution in [0.3, 0.4) is 0 Å². The van der Waals surface area contributed by atoms with Crippen LogP contribution in [0.4, 0.5) is 0 Å². The van der Waals surface area contributed by atoms with E-state index in [0.717, 1.165) is 10.4 Å². The van der Waals surface area contributed by atoms with E-state index in [-0.39, 0.29) is 0 Å². The van der Waals surface area contributed by atoms with Gasteiger partial charge in [0.05, 0.1) is 0 Å². The normalized spacial score (nSPS) is 13.8. The molecule has 0 bridgehead atoms. The minimum Gasteiger partial charge on any atom is -0.423 e. The summed E-state index contributed by atoms with van der Waals surface area (Å²) >= 11 is 0. The van der Waals surface area contributed by atoms with Crippen molar-refractivity contribution in [3.8, 4) is 0 Å². The van der Waals surface area contributed by atoms with Crippen molar-refractivity contribution in [2.75, 3.05) is 0 Å². The molecule has 0 spiro atoms. The van der Waals surface area contributed by atoms with Crippen LogP contribution in [-0.2, 0) is 0 Å². The Morgan fingerprint density at radius 3 is 2.64 bits per heavy atom. The zero-order chi connectivity index (χ0) is 10.6. The Balaban J connectivity index is 3.56. The van der Waals surface area contributed by atoms with Crippen LogP contribution in [0.25, 0.3) is 11.7 Å². The third-order valence-electron chi connectivity index (χ3n) is 2.00. The summed E-state index contributed by atoms with van der Waals surface area (Å²) in [5, 5.41) is 19.7. The van der Waals surface area contributed by atoms with Crippen molar-refractivity contribution >= 4 is 25.5 Å². The predicted molar refractivity (Wildman–Crippen MR) is 59.0 cm³/mol. The molecule has 0 heterocycles. The molecule has 72 valence electrons. The molecule has 0 fully saturated rings. The lowest BCUT2D eigenvalue weighted by Crippen LogP contribution is -2.31. The molecule has 0 unspecified atom stereocenters. The van der Waals surface area contributed by atoms with Gasteiger partial charge in [0.1, 0.15) is 0 Å². The molecule has 0 aromatic heterocycles. The second-order valence-electron chi connectivity index (χ2n) is 2.96. The van der Waals surface area contributed by atoms with Crippen molar-refractivity contribution in [3.63, 3.8) is 0 Å². The summed E-state index contributed by atoms with van der Waals surface area (Å²) in [5.74, 6) is 0. The first kappa shape index (κ1) is 10.7. The van der Waals surface area contributed by atoms with E-state index in [0.29, 0.717) is 5.47 Å². The maximum absolute atomic E-state index is 9.03. The average Bonchev–Trinajstić information content (AvgIpc) is 2.18. The van der Waals surface area contributed by atoms with Crippen molar-refractivity contribution in [1.29, 1.82) is 0 Å². The van der Waals surface area contributed by atoms with Crippen LogP contribution in [0.15, 0.2) is 29.3 Å². The van der Waals surface area contributed by atoms with Gasteiger partial charge >= 0.3 is 7.12 Å². The van der Waals surface area contributed by atoms with Gasteiger partial charge < -0.3 is 10.0 Å². The quantitative estimate of drug-likeness (QED) is 0.477. The Labute approximate surface area is 82.9 Å². The topological polar surface area (TPSA) is 52.8 Å². The maximum Gasteiger partial charge on any atom is 0.484 e. The SMILES string of the molecule is C=N/C=c1/cccc/c1=C(/C)B(O)O. The molecule has 3 nitrogen and oxygen atoms in total. The molecule has 1 aromatic carbocycles. The minimum atomic E-state index is -1.44. The number of rotatable bonds is 2. The molecule has 0 saturated heterocycles. The van der Waals surface area contributed by atoms with Crippen LogP contribution in [0.2, 0.25) is 0 Å². The number of benzene rings is 1. The summed E-state index contributed by atoms with van der Waals surface area (Å²) in [6.07, 6.45) is 1.58. The van der Waals surface area contributed by atoms with Gasteiger partial charge in [-0.3, -0.25) is 4.99 Å². The first-order valence-corrected chi connectivity index (χ1v) is 4.25. The van der Waals surface area contributed by atoms with E-state index in [9.17, 15) is 0 Å². The van der Waals surface area contributed by atoms with Crippen molar-refractivity contribution < 1.29 is 10.0 Å². The van der Waals surface area contributed by atoms with Crippen LogP contribution in [0, 0.1) is 0 Å². The highest BCUT2D eigenvalue weighted by Crippen LogP contribution is 1.89. The summed E-state index contributed by atoms with van der Waals surface area (Å²) in [5.41, 5.74) is 0.500. The highest BCUT2D eigenvalue weighted by atomic mass is 16.4. The van der Waals surface area contributed by atoms with Crippen LogP contribution in [-0.4, -0.2) is 23.9 Å². The van der Waals surface area contributed by atoms with E-state index >= 15 is 0 Å². The first-order valence-electron chi connectivity index (χ1n) is 4.25. The fourth-order valence-electron chi connectivity index (χ4n) is 1.21. The van der Waals surface area contributed by atoms with Gasteiger partial charge in [-0.05, 0) is 29.6 Å². The van der Waals surface area contributed by atoms with Gasteiger partial charge in [-0.1, -0.05) is 24.3 Å². The highest BCUT2D eigenvalue weighted by molar-refractivity contribution is 6.62. The Hall–Kier alpha value is -1.39. The number of nitrogens with zero attached hydrogens (tertiary/aromatic N) is 1. The molecule has 1 rings (SSSR count). The minimum absolute atomic E-state index is 0.500. The van der Waals surface area contributed by atoms with E-state index in [4.69, 9.17) is 10.0 Å². The molecular weight excluding hydrogens is 177 g/mol. The molecule has 0 amide bonds. The van der Waals surface area contributed by atoms with E-state index in [1.54, 1.807) is 13.1 Å². The Kier molecular flexibility index (Phi) is 3.62. The number of hydrogen-bond acceptors (Lipinski definition) is 3. The second-order valence-corrected chi connectivity index (χ2v) is 2.96. The third-order valence-corrected chi connectivity index (χ3v) is 2.00. The van der Waals surface area contributed by atoms with Gasteiger partial charge in [-0.2, -0.15) is 0 Å². The summed E-state index contributed by atoms with van der Waals surface area (Å²) in [4.78, 5) is 3.66. The predicted octanol–water partition coefficient (Wildman–Crippen LogP) is -0.692. The molecule has 0 saturated carbocycles. The van der Waals surface area contributed by atoms with Gasteiger partial charge in [-0.25, -0.2) is 0 Å². The molecule has 2 N–H and O–H groups in total. The zero-order valence-corrected chi connectivity index (χ0v) is 8.01. The molecule has 0 aliphatic rings. The van der Waals surface area contributed by atoms with E-state index < -0.39 is 7.12 Å². The summed E-state index contributed by atoms with van der Waals surface area (Å²) in [7, 11) is -1.44. The molecule has 0 atom stereocenters. The molecule has 4 heteroatoms. The van der Waals surface area contributed by atoms with Crippen molar-refractivity contribution in [3.05, 3.63) is 34.7 Å². The van der Waals surface area contributed by atoms with Gasteiger partial charge in [0.2, 0.25) is 0 Å². The fourth-order valence-corrected chi connectivity index (χ4v) is 1.21. The second kappa shape index (κ2) is 4.74. The summed E-state index contributed by atoms with van der Waals surface area (Å²) < 4.78 is 0. The monoisotopic (exact) mass is 189 g/mol. The third kappa shape index (κ3) is 2.31. The molecule has 14 heavy (non-hydrogen) atoms. The van der Waals surface area contributed by atoms with Crippen molar-refractivity contribution in [2.24, 2.45) is 4.99 Å². The average molecular weight is 189 g/mol. The van der Waals surface area contributed by atoms with Gasteiger partial charge in [0, 0.05) is 6.20 Å². The Morgan fingerprint density at radius 2 is 2.07 bits per heavy atom. The lowest BCUT2D eigenvalue weighted by molar-refractivity contribution is 0.426. The molecular formula is C10H12BNO2. The fraction of sp³-hybridized carbons (Fsp3) is 0.100. The number of aliphatic imine (C=N–C) groups is 1. The lowest BCUT2D eigenvalue weighted by Gasteiger charge is -1.98. The van der Waals surface area contributed by atoms with Gasteiger partial charge in [0.25, 0.3) is 0 Å². The summed E-state index contributed by atoms with van der Waals surface area (Å²) in [6.45, 7) is 5.03. The Morgan fingerprint density at radius 1 is 1.43 bits per heavy atom. The number of hydrogen-bond donors (Lipinski definition) is 2. The van der Waals surface area contributed by atoms with Crippen LogP contribution in [0.1, 0.15) is 6.92 Å². The van der Waals surface area contributed by atoms with E-state index in [2.05, 4.69) is 11.7 Å².